The van der Waals surface area contributed by atoms with Crippen LogP contribution in [0.15, 0.2) is 35.1 Å². The molecule has 0 aliphatic carbocycles. The monoisotopic (exact) mass is 439 g/mol. The van der Waals surface area contributed by atoms with Gasteiger partial charge in [-0.15, -0.1) is 0 Å². The van der Waals surface area contributed by atoms with Crippen LogP contribution in [0.3, 0.4) is 0 Å². The van der Waals surface area contributed by atoms with Crippen LogP contribution in [0, 0.1) is 31.0 Å². The second-order valence-electron chi connectivity index (χ2n) is 8.82. The molecule has 1 unspecified atom stereocenters. The lowest BCUT2D eigenvalue weighted by atomic mass is 10.0. The Morgan fingerprint density at radius 1 is 1.16 bits per heavy atom. The fourth-order valence-corrected chi connectivity index (χ4v) is 4.93. The summed E-state index contributed by atoms with van der Waals surface area (Å²) in [6, 6.07) is 7.73. The van der Waals surface area contributed by atoms with Gasteiger partial charge in [0.15, 0.2) is 0 Å². The van der Waals surface area contributed by atoms with Crippen LogP contribution in [0.5, 0.6) is 0 Å². The predicted molar refractivity (Wildman–Crippen MR) is 119 cm³/mol. The number of benzene rings is 1. The third-order valence-electron chi connectivity index (χ3n) is 6.74. The third-order valence-corrected chi connectivity index (χ3v) is 6.74. The van der Waals surface area contributed by atoms with Crippen molar-refractivity contribution in [3.8, 4) is 0 Å². The molecule has 2 amide bonds. The number of fused-ring (bicyclic) bond motifs is 1. The summed E-state index contributed by atoms with van der Waals surface area (Å²) in [6.07, 6.45) is 2.88. The van der Waals surface area contributed by atoms with Crippen molar-refractivity contribution in [2.24, 2.45) is 24.6 Å². The van der Waals surface area contributed by atoms with Crippen molar-refractivity contribution in [1.82, 2.24) is 14.4 Å². The van der Waals surface area contributed by atoms with Gasteiger partial charge in [-0.1, -0.05) is 12.1 Å². The lowest BCUT2D eigenvalue weighted by Crippen LogP contribution is -2.37. The third kappa shape index (κ3) is 4.32. The molecule has 2 aliphatic heterocycles. The number of halogens is 1. The number of rotatable bonds is 6. The number of hydrogen-bond acceptors (Lipinski definition) is 4. The Balaban J connectivity index is 1.37. The first kappa shape index (κ1) is 22.2. The number of nitrogens with zero attached hydrogens (tertiary/aromatic N) is 3. The number of primary amides is 1. The zero-order chi connectivity index (χ0) is 23.0. The summed E-state index contributed by atoms with van der Waals surface area (Å²) in [5.41, 5.74) is 6.64. The average molecular weight is 440 g/mol. The van der Waals surface area contributed by atoms with E-state index in [4.69, 9.17) is 5.73 Å². The van der Waals surface area contributed by atoms with Crippen molar-refractivity contribution < 1.29 is 14.0 Å². The summed E-state index contributed by atoms with van der Waals surface area (Å²) in [5, 5.41) is 0. The molecular weight excluding hydrogens is 411 g/mol. The van der Waals surface area contributed by atoms with Crippen molar-refractivity contribution in [1.29, 1.82) is 0 Å². The van der Waals surface area contributed by atoms with E-state index in [0.29, 0.717) is 30.6 Å². The molecule has 1 aromatic carbocycles. The van der Waals surface area contributed by atoms with Gasteiger partial charge < -0.3 is 20.1 Å². The second-order valence-corrected chi connectivity index (χ2v) is 8.82. The van der Waals surface area contributed by atoms with E-state index < -0.39 is 5.91 Å². The molecular formula is C24H28FN4O3. The van der Waals surface area contributed by atoms with Gasteiger partial charge in [-0.25, -0.2) is 4.39 Å². The lowest BCUT2D eigenvalue weighted by molar-refractivity contribution is 0.0766. The molecule has 2 fully saturated rings. The molecule has 2 atom stereocenters. The molecule has 0 bridgehead atoms. The molecule has 0 saturated carbocycles. The number of nitrogens with two attached hydrogens (primary N) is 1. The molecule has 3 heterocycles. The Morgan fingerprint density at radius 2 is 1.84 bits per heavy atom. The number of likely N-dealkylation sites (tertiary alicyclic amines) is 2. The number of carbonyl (C=O) groups excluding carboxylic acids is 2. The highest BCUT2D eigenvalue weighted by Crippen LogP contribution is 2.32. The molecule has 8 heteroatoms. The summed E-state index contributed by atoms with van der Waals surface area (Å²) >= 11 is 0. The summed E-state index contributed by atoms with van der Waals surface area (Å²) in [7, 11) is 1.58. The smallest absolute Gasteiger partial charge is 0.256 e. The van der Waals surface area contributed by atoms with Gasteiger partial charge in [0.1, 0.15) is 5.82 Å². The van der Waals surface area contributed by atoms with Crippen molar-refractivity contribution >= 4 is 11.8 Å². The van der Waals surface area contributed by atoms with E-state index in [1.165, 1.54) is 16.7 Å². The van der Waals surface area contributed by atoms with Gasteiger partial charge in [0.2, 0.25) is 5.91 Å². The molecule has 169 valence electrons. The maximum absolute atomic E-state index is 13.3. The van der Waals surface area contributed by atoms with E-state index >= 15 is 0 Å². The Morgan fingerprint density at radius 3 is 2.47 bits per heavy atom. The molecule has 2 N–H and O–H groups in total. The fourth-order valence-electron chi connectivity index (χ4n) is 4.93. The van der Waals surface area contributed by atoms with Crippen LogP contribution in [-0.4, -0.2) is 58.9 Å². The number of aromatic nitrogens is 1. The van der Waals surface area contributed by atoms with Gasteiger partial charge in [-0.3, -0.25) is 14.4 Å². The minimum absolute atomic E-state index is 0.0119. The van der Waals surface area contributed by atoms with Crippen LogP contribution in [-0.2, 0) is 7.05 Å². The predicted octanol–water partition coefficient (Wildman–Crippen LogP) is 1.58. The maximum atomic E-state index is 13.3. The van der Waals surface area contributed by atoms with Gasteiger partial charge >= 0.3 is 0 Å². The van der Waals surface area contributed by atoms with Crippen LogP contribution >= 0.6 is 0 Å². The van der Waals surface area contributed by atoms with Crippen LogP contribution in [0.2, 0.25) is 0 Å². The molecule has 7 nitrogen and oxygen atoms in total. The summed E-state index contributed by atoms with van der Waals surface area (Å²) in [6.45, 7) is 5.60. The minimum atomic E-state index is -0.769. The van der Waals surface area contributed by atoms with Gasteiger partial charge in [0.05, 0.1) is 11.1 Å². The van der Waals surface area contributed by atoms with E-state index in [1.54, 1.807) is 24.9 Å². The zero-order valence-corrected chi connectivity index (χ0v) is 18.4. The fraction of sp³-hybridized carbons (Fsp3) is 0.417. The highest BCUT2D eigenvalue weighted by Gasteiger charge is 2.42. The lowest BCUT2D eigenvalue weighted by Gasteiger charge is -2.23. The van der Waals surface area contributed by atoms with E-state index in [2.05, 4.69) is 4.90 Å². The Labute approximate surface area is 186 Å². The quantitative estimate of drug-likeness (QED) is 0.740. The van der Waals surface area contributed by atoms with Gasteiger partial charge in [0.25, 0.3) is 11.5 Å². The highest BCUT2D eigenvalue weighted by molar-refractivity contribution is 6.07. The number of carbonyl (C=O) groups is 2. The van der Waals surface area contributed by atoms with E-state index in [0.717, 1.165) is 37.7 Å². The Kier molecular flexibility index (Phi) is 6.15. The van der Waals surface area contributed by atoms with E-state index in [9.17, 15) is 18.8 Å². The first-order valence-corrected chi connectivity index (χ1v) is 10.9. The van der Waals surface area contributed by atoms with Crippen LogP contribution < -0.4 is 11.3 Å². The molecule has 1 aromatic heterocycles. The van der Waals surface area contributed by atoms with Crippen molar-refractivity contribution in [2.75, 3.05) is 32.7 Å². The molecule has 2 aromatic rings. The van der Waals surface area contributed by atoms with Gasteiger partial charge in [-0.05, 0) is 55.8 Å². The van der Waals surface area contributed by atoms with E-state index in [1.807, 2.05) is 12.5 Å². The minimum Gasteiger partial charge on any atom is -0.366 e. The first-order chi connectivity index (χ1) is 15.2. The average Bonchev–Trinajstić information content (AvgIpc) is 3.30. The molecule has 32 heavy (non-hydrogen) atoms. The number of hydrogen-bond donors (Lipinski definition) is 1. The van der Waals surface area contributed by atoms with Gasteiger partial charge in [-0.2, -0.15) is 0 Å². The first-order valence-electron chi connectivity index (χ1n) is 10.9. The van der Waals surface area contributed by atoms with Crippen LogP contribution in [0.25, 0.3) is 0 Å². The zero-order valence-electron chi connectivity index (χ0n) is 18.4. The molecule has 2 aliphatic rings. The summed E-state index contributed by atoms with van der Waals surface area (Å²) in [5.74, 6) is -0.495. The van der Waals surface area contributed by atoms with Gasteiger partial charge in [0, 0.05) is 45.0 Å². The second kappa shape index (κ2) is 8.86. The molecule has 0 spiro atoms. The molecule has 4 rings (SSSR count). The summed E-state index contributed by atoms with van der Waals surface area (Å²) < 4.78 is 14.7. The van der Waals surface area contributed by atoms with Crippen molar-refractivity contribution in [3.63, 3.8) is 0 Å². The van der Waals surface area contributed by atoms with Crippen LogP contribution in [0.1, 0.15) is 38.4 Å². The topological polar surface area (TPSA) is 88.6 Å². The maximum Gasteiger partial charge on any atom is 0.256 e. The van der Waals surface area contributed by atoms with Crippen molar-refractivity contribution in [3.05, 3.63) is 75.3 Å². The van der Waals surface area contributed by atoms with Crippen molar-refractivity contribution in [2.45, 2.75) is 13.3 Å². The summed E-state index contributed by atoms with van der Waals surface area (Å²) in [4.78, 5) is 41.4. The number of pyridine rings is 1. The van der Waals surface area contributed by atoms with E-state index in [-0.39, 0.29) is 28.4 Å². The standard InChI is InChI=1S/C24H28FN4O3/c1-15-22(20(23(26)31)10-21(30)27(15)2)24(32)29-13-17-11-28(12-18(17)14-29)8-4-6-16-5-3-7-19(25)9-16/h3,5-7,9-10,17-18H,4,8,11-14H2,1-2H3,(H2,26,31)/t17-,18?/m0/s1. The number of amides is 2. The Hall–Kier alpha value is -3.00. The normalized spacial score (nSPS) is 20.5. The largest absolute Gasteiger partial charge is 0.366 e. The Bertz CT molecular complexity index is 1100. The SMILES string of the molecule is Cc1c(C(=O)N2CC3CN(CC[CH]c4cccc(F)c4)C[C@H]3C2)c(C(N)=O)cc(=O)n1C. The molecule has 1 radical (unpaired) electrons. The highest BCUT2D eigenvalue weighted by atomic mass is 19.1. The molecule has 2 saturated heterocycles. The van der Waals surface area contributed by atoms with Crippen LogP contribution in [0.4, 0.5) is 4.39 Å².